The lowest BCUT2D eigenvalue weighted by molar-refractivity contribution is -0.145. The first kappa shape index (κ1) is 28.4. The van der Waals surface area contributed by atoms with Crippen LogP contribution >= 0.6 is 0 Å². The van der Waals surface area contributed by atoms with Crippen molar-refractivity contribution in [3.05, 3.63) is 0 Å². The van der Waals surface area contributed by atoms with E-state index in [1.54, 1.807) is 0 Å². The quantitative estimate of drug-likeness (QED) is 0.145. The lowest BCUT2D eigenvalue weighted by Crippen LogP contribution is -2.13. The van der Waals surface area contributed by atoms with Gasteiger partial charge in [-0.15, -0.1) is 0 Å². The summed E-state index contributed by atoms with van der Waals surface area (Å²) < 4.78 is 5.46. The van der Waals surface area contributed by atoms with E-state index >= 15 is 0 Å². The summed E-state index contributed by atoms with van der Waals surface area (Å²) in [6.07, 6.45) is 21.8. The fourth-order valence-corrected chi connectivity index (χ4v) is 3.84. The smallest absolute Gasteiger partial charge is 0.305 e. The van der Waals surface area contributed by atoms with Crippen molar-refractivity contribution < 1.29 is 14.6 Å². The first-order chi connectivity index (χ1) is 14.1. The summed E-state index contributed by atoms with van der Waals surface area (Å²) >= 11 is 0. The first-order valence-corrected chi connectivity index (χ1v) is 13.0. The second kappa shape index (κ2) is 22.1. The van der Waals surface area contributed by atoms with Crippen molar-refractivity contribution >= 4 is 5.97 Å². The number of hydrogen-bond acceptors (Lipinski definition) is 3. The summed E-state index contributed by atoms with van der Waals surface area (Å²) in [7, 11) is 0. The molecule has 0 aromatic heterocycles. The highest BCUT2D eigenvalue weighted by atomic mass is 16.5. The number of aliphatic hydroxyl groups is 1. The molecule has 0 saturated heterocycles. The third-order valence-corrected chi connectivity index (χ3v) is 6.08. The summed E-state index contributed by atoms with van der Waals surface area (Å²) in [4.78, 5) is 11.9. The third-order valence-electron chi connectivity index (χ3n) is 6.08. The average molecular weight is 413 g/mol. The zero-order valence-electron chi connectivity index (χ0n) is 20.1. The molecule has 0 aromatic carbocycles. The van der Waals surface area contributed by atoms with Crippen LogP contribution in [0.3, 0.4) is 0 Å². The second-order valence-electron chi connectivity index (χ2n) is 8.97. The van der Waals surface area contributed by atoms with Gasteiger partial charge in [0.15, 0.2) is 0 Å². The maximum absolute atomic E-state index is 11.9. The maximum atomic E-state index is 11.9. The van der Waals surface area contributed by atoms with Gasteiger partial charge in [0.25, 0.3) is 0 Å². The third kappa shape index (κ3) is 20.5. The molecule has 0 rings (SSSR count). The van der Waals surface area contributed by atoms with Crippen LogP contribution in [0.1, 0.15) is 143 Å². The number of carbonyl (C=O) groups excluding carboxylic acids is 1. The van der Waals surface area contributed by atoms with Crippen LogP contribution < -0.4 is 0 Å². The molecule has 1 N–H and O–H groups in total. The molecule has 0 heterocycles. The Hall–Kier alpha value is -0.570. The number of ether oxygens (including phenoxy) is 1. The lowest BCUT2D eigenvalue weighted by atomic mass is 10.0. The summed E-state index contributed by atoms with van der Waals surface area (Å²) in [5, 5.41) is 9.98. The molecule has 0 fully saturated rings. The Balaban J connectivity index is 3.36. The van der Waals surface area contributed by atoms with Crippen LogP contribution in [-0.4, -0.2) is 23.8 Å². The van der Waals surface area contributed by atoms with Crippen molar-refractivity contribution in [1.29, 1.82) is 0 Å². The van der Waals surface area contributed by atoms with Crippen LogP contribution in [0.4, 0.5) is 0 Å². The zero-order chi connectivity index (χ0) is 21.6. The Morgan fingerprint density at radius 2 is 1.21 bits per heavy atom. The minimum Gasteiger partial charge on any atom is -0.465 e. The van der Waals surface area contributed by atoms with E-state index in [0.29, 0.717) is 18.9 Å². The number of hydrogen-bond donors (Lipinski definition) is 1. The van der Waals surface area contributed by atoms with Crippen molar-refractivity contribution in [1.82, 2.24) is 0 Å². The molecule has 29 heavy (non-hydrogen) atoms. The predicted molar refractivity (Wildman–Crippen MR) is 125 cm³/mol. The number of carbonyl (C=O) groups is 1. The van der Waals surface area contributed by atoms with Gasteiger partial charge in [0.2, 0.25) is 0 Å². The molecule has 3 heteroatoms. The number of unbranched alkanes of at least 4 members (excludes halogenated alkanes) is 11. The van der Waals surface area contributed by atoms with Gasteiger partial charge in [0.05, 0.1) is 12.7 Å². The van der Waals surface area contributed by atoms with Crippen LogP contribution in [0.5, 0.6) is 0 Å². The van der Waals surface area contributed by atoms with Gasteiger partial charge < -0.3 is 9.84 Å². The molecule has 0 spiro atoms. The fraction of sp³-hybridized carbons (Fsp3) is 0.962. The number of esters is 1. The van der Waals surface area contributed by atoms with Crippen LogP contribution in [0, 0.1) is 5.92 Å². The fourth-order valence-electron chi connectivity index (χ4n) is 3.84. The van der Waals surface area contributed by atoms with Crippen LogP contribution in [0.2, 0.25) is 0 Å². The second-order valence-corrected chi connectivity index (χ2v) is 8.97. The number of rotatable bonds is 22. The molecule has 0 radical (unpaired) electrons. The Labute approximate surface area is 182 Å². The zero-order valence-corrected chi connectivity index (χ0v) is 20.1. The minimum atomic E-state index is -0.0779. The summed E-state index contributed by atoms with van der Waals surface area (Å²) in [6.45, 7) is 7.23. The Morgan fingerprint density at radius 3 is 1.76 bits per heavy atom. The molecule has 0 amide bonds. The molecule has 174 valence electrons. The molecule has 3 nitrogen and oxygen atoms in total. The lowest BCUT2D eigenvalue weighted by Gasteiger charge is -2.14. The first-order valence-electron chi connectivity index (χ1n) is 13.0. The highest BCUT2D eigenvalue weighted by molar-refractivity contribution is 5.69. The van der Waals surface area contributed by atoms with Crippen LogP contribution in [0.15, 0.2) is 0 Å². The normalized spacial score (nSPS) is 13.4. The van der Waals surface area contributed by atoms with E-state index in [4.69, 9.17) is 4.74 Å². The SMILES string of the molecule is CCCCCC[C@@H](O)CCCCCCCCCCC(=O)OC[C@@H](CC)CCCC. The van der Waals surface area contributed by atoms with E-state index in [1.807, 2.05) is 0 Å². The minimum absolute atomic E-state index is 0.00630. The van der Waals surface area contributed by atoms with Gasteiger partial charge in [-0.25, -0.2) is 0 Å². The Kier molecular flexibility index (Phi) is 21.7. The van der Waals surface area contributed by atoms with Gasteiger partial charge in [-0.05, 0) is 31.6 Å². The molecule has 0 aliphatic rings. The van der Waals surface area contributed by atoms with Gasteiger partial charge in [-0.2, -0.15) is 0 Å². The van der Waals surface area contributed by atoms with Gasteiger partial charge >= 0.3 is 5.97 Å². The molecular formula is C26H52O3. The van der Waals surface area contributed by atoms with Gasteiger partial charge in [-0.3, -0.25) is 4.79 Å². The monoisotopic (exact) mass is 412 g/mol. The van der Waals surface area contributed by atoms with Gasteiger partial charge in [-0.1, -0.05) is 111 Å². The van der Waals surface area contributed by atoms with E-state index < -0.39 is 0 Å². The molecule has 0 aromatic rings. The molecule has 2 atom stereocenters. The number of aliphatic hydroxyl groups excluding tert-OH is 1. The van der Waals surface area contributed by atoms with Gasteiger partial charge in [0, 0.05) is 6.42 Å². The molecule has 0 bridgehead atoms. The molecule has 0 saturated carbocycles. The van der Waals surface area contributed by atoms with Gasteiger partial charge in [0.1, 0.15) is 0 Å². The summed E-state index contributed by atoms with van der Waals surface area (Å²) in [5.41, 5.74) is 0. The topological polar surface area (TPSA) is 46.5 Å². The van der Waals surface area contributed by atoms with E-state index in [9.17, 15) is 9.90 Å². The van der Waals surface area contributed by atoms with Crippen molar-refractivity contribution in [2.45, 2.75) is 149 Å². The average Bonchev–Trinajstić information content (AvgIpc) is 2.72. The molecule has 0 unspecified atom stereocenters. The predicted octanol–water partition coefficient (Wildman–Crippen LogP) is 7.98. The summed E-state index contributed by atoms with van der Waals surface area (Å²) in [5.74, 6) is 0.536. The van der Waals surface area contributed by atoms with E-state index in [0.717, 1.165) is 38.5 Å². The van der Waals surface area contributed by atoms with E-state index in [2.05, 4.69) is 20.8 Å². The highest BCUT2D eigenvalue weighted by Crippen LogP contribution is 2.15. The van der Waals surface area contributed by atoms with E-state index in [1.165, 1.54) is 77.0 Å². The largest absolute Gasteiger partial charge is 0.465 e. The molecular weight excluding hydrogens is 360 g/mol. The summed E-state index contributed by atoms with van der Waals surface area (Å²) in [6, 6.07) is 0. The van der Waals surface area contributed by atoms with Crippen molar-refractivity contribution in [2.75, 3.05) is 6.61 Å². The standard InChI is InChI=1S/C26H52O3/c1-4-7-9-16-20-25(27)21-17-14-12-10-11-13-15-18-22-26(28)29-23-24(6-3)19-8-5-2/h24-25,27H,4-23H2,1-3H3/t24-,25+/m0/s1. The Bertz CT molecular complexity index is 343. The Morgan fingerprint density at radius 1 is 0.690 bits per heavy atom. The molecule has 0 aliphatic carbocycles. The van der Waals surface area contributed by atoms with Crippen LogP contribution in [-0.2, 0) is 9.53 Å². The van der Waals surface area contributed by atoms with E-state index in [-0.39, 0.29) is 12.1 Å². The molecule has 0 aliphatic heterocycles. The van der Waals surface area contributed by atoms with Crippen LogP contribution in [0.25, 0.3) is 0 Å². The van der Waals surface area contributed by atoms with Crippen molar-refractivity contribution in [3.63, 3.8) is 0 Å². The highest BCUT2D eigenvalue weighted by Gasteiger charge is 2.09. The van der Waals surface area contributed by atoms with Crippen molar-refractivity contribution in [2.24, 2.45) is 5.92 Å². The maximum Gasteiger partial charge on any atom is 0.305 e. The van der Waals surface area contributed by atoms with Crippen molar-refractivity contribution in [3.8, 4) is 0 Å².